The van der Waals surface area contributed by atoms with Crippen LogP contribution in [-0.2, 0) is 14.3 Å². The van der Waals surface area contributed by atoms with Crippen LogP contribution >= 0.6 is 0 Å². The molecule has 1 N–H and O–H groups in total. The molecule has 0 saturated heterocycles. The number of benzene rings is 2. The monoisotopic (exact) mass is 371 g/mol. The molecule has 6 heteroatoms. The van der Waals surface area contributed by atoms with Gasteiger partial charge in [-0.1, -0.05) is 18.2 Å². The lowest BCUT2D eigenvalue weighted by Gasteiger charge is -2.14. The zero-order chi connectivity index (χ0) is 20.0. The Morgan fingerprint density at radius 1 is 1.15 bits per heavy atom. The maximum Gasteiger partial charge on any atom is 0.331 e. The molecule has 0 heterocycles. The Hall–Kier alpha value is -3.15. The molecule has 0 aliphatic rings. The first-order valence-electron chi connectivity index (χ1n) is 8.40. The number of carbonyl (C=O) groups is 2. The average molecular weight is 371 g/mol. The fourth-order valence-electron chi connectivity index (χ4n) is 2.32. The van der Waals surface area contributed by atoms with Crippen molar-refractivity contribution in [1.82, 2.24) is 0 Å². The summed E-state index contributed by atoms with van der Waals surface area (Å²) in [6.45, 7) is 5.28. The summed E-state index contributed by atoms with van der Waals surface area (Å²) in [5, 5.41) is 2.75. The molecule has 0 fully saturated rings. The standard InChI is InChI=1S/C21H22FNO4/c1-13-5-6-14(2)18(11-13)23-21(25)15(3)27-20(24)10-8-16-7-9-19(26-4)17(22)12-16/h5-12,15H,1-4H3,(H,23,25)/b10-8+/t15-/m0/s1. The Kier molecular flexibility index (Phi) is 6.71. The zero-order valence-corrected chi connectivity index (χ0v) is 15.7. The molecule has 0 aromatic heterocycles. The minimum Gasteiger partial charge on any atom is -0.494 e. The number of esters is 1. The topological polar surface area (TPSA) is 64.6 Å². The van der Waals surface area contributed by atoms with E-state index in [1.807, 2.05) is 32.0 Å². The molecule has 5 nitrogen and oxygen atoms in total. The molecule has 0 aliphatic carbocycles. The highest BCUT2D eigenvalue weighted by Crippen LogP contribution is 2.19. The molecule has 27 heavy (non-hydrogen) atoms. The molecule has 2 aromatic rings. The van der Waals surface area contributed by atoms with Crippen molar-refractivity contribution < 1.29 is 23.5 Å². The van der Waals surface area contributed by atoms with Gasteiger partial charge >= 0.3 is 5.97 Å². The maximum absolute atomic E-state index is 13.6. The number of methoxy groups -OCH3 is 1. The molecule has 2 rings (SSSR count). The number of aryl methyl sites for hydroxylation is 2. The summed E-state index contributed by atoms with van der Waals surface area (Å²) >= 11 is 0. The van der Waals surface area contributed by atoms with E-state index >= 15 is 0 Å². The van der Waals surface area contributed by atoms with Gasteiger partial charge in [-0.25, -0.2) is 9.18 Å². The molecule has 0 spiro atoms. The van der Waals surface area contributed by atoms with Crippen LogP contribution in [0.2, 0.25) is 0 Å². The number of nitrogens with one attached hydrogen (secondary N) is 1. The van der Waals surface area contributed by atoms with Gasteiger partial charge in [0.25, 0.3) is 5.91 Å². The van der Waals surface area contributed by atoms with Crippen LogP contribution in [-0.4, -0.2) is 25.1 Å². The number of anilines is 1. The highest BCUT2D eigenvalue weighted by molar-refractivity contribution is 5.97. The van der Waals surface area contributed by atoms with E-state index < -0.39 is 23.8 Å². The van der Waals surface area contributed by atoms with Crippen LogP contribution in [0, 0.1) is 19.7 Å². The Labute approximate surface area is 157 Å². The van der Waals surface area contributed by atoms with E-state index in [4.69, 9.17) is 9.47 Å². The van der Waals surface area contributed by atoms with Crippen molar-refractivity contribution in [3.05, 3.63) is 65.0 Å². The Balaban J connectivity index is 1.95. The van der Waals surface area contributed by atoms with Crippen LogP contribution in [0.1, 0.15) is 23.6 Å². The number of hydrogen-bond donors (Lipinski definition) is 1. The fourth-order valence-corrected chi connectivity index (χ4v) is 2.32. The quantitative estimate of drug-likeness (QED) is 0.615. The van der Waals surface area contributed by atoms with Crippen molar-refractivity contribution in [1.29, 1.82) is 0 Å². The highest BCUT2D eigenvalue weighted by Gasteiger charge is 2.17. The molecule has 1 amide bonds. The van der Waals surface area contributed by atoms with E-state index in [-0.39, 0.29) is 5.75 Å². The van der Waals surface area contributed by atoms with E-state index in [9.17, 15) is 14.0 Å². The van der Waals surface area contributed by atoms with Gasteiger partial charge in [-0.2, -0.15) is 0 Å². The molecule has 0 aliphatic heterocycles. The van der Waals surface area contributed by atoms with Gasteiger partial charge in [-0.15, -0.1) is 0 Å². The van der Waals surface area contributed by atoms with Gasteiger partial charge in [0.05, 0.1) is 7.11 Å². The van der Waals surface area contributed by atoms with E-state index in [1.165, 1.54) is 32.2 Å². The summed E-state index contributed by atoms with van der Waals surface area (Å²) in [6, 6.07) is 9.99. The molecule has 2 aromatic carbocycles. The molecule has 0 unspecified atom stereocenters. The third kappa shape index (κ3) is 5.67. The number of hydrogen-bond acceptors (Lipinski definition) is 4. The summed E-state index contributed by atoms with van der Waals surface area (Å²) in [4.78, 5) is 24.1. The molecule has 1 atom stereocenters. The third-order valence-electron chi connectivity index (χ3n) is 3.90. The molecule has 0 radical (unpaired) electrons. The van der Waals surface area contributed by atoms with Crippen molar-refractivity contribution in [3.8, 4) is 5.75 Å². The minimum absolute atomic E-state index is 0.117. The Bertz CT molecular complexity index is 876. The third-order valence-corrected chi connectivity index (χ3v) is 3.90. The van der Waals surface area contributed by atoms with Crippen LogP contribution < -0.4 is 10.1 Å². The van der Waals surface area contributed by atoms with Crippen molar-refractivity contribution >= 4 is 23.6 Å². The number of rotatable bonds is 6. The van der Waals surface area contributed by atoms with Gasteiger partial charge in [0.15, 0.2) is 17.7 Å². The molecular weight excluding hydrogens is 349 g/mol. The van der Waals surface area contributed by atoms with E-state index in [2.05, 4.69) is 5.32 Å². The lowest BCUT2D eigenvalue weighted by molar-refractivity contribution is -0.148. The van der Waals surface area contributed by atoms with Gasteiger partial charge in [0.2, 0.25) is 0 Å². The lowest BCUT2D eigenvalue weighted by atomic mass is 10.1. The first-order valence-corrected chi connectivity index (χ1v) is 8.40. The molecule has 142 valence electrons. The zero-order valence-electron chi connectivity index (χ0n) is 15.7. The number of carbonyl (C=O) groups excluding carboxylic acids is 2. The summed E-state index contributed by atoms with van der Waals surface area (Å²) in [5.74, 6) is -1.54. The van der Waals surface area contributed by atoms with E-state index in [0.29, 0.717) is 11.3 Å². The second-order valence-corrected chi connectivity index (χ2v) is 6.11. The number of halogens is 1. The smallest absolute Gasteiger partial charge is 0.331 e. The highest BCUT2D eigenvalue weighted by atomic mass is 19.1. The molecular formula is C21H22FNO4. The second-order valence-electron chi connectivity index (χ2n) is 6.11. The molecule has 0 bridgehead atoms. The van der Waals surface area contributed by atoms with Crippen molar-refractivity contribution in [2.24, 2.45) is 0 Å². The lowest BCUT2D eigenvalue weighted by Crippen LogP contribution is -2.29. The van der Waals surface area contributed by atoms with Gasteiger partial charge in [0, 0.05) is 11.8 Å². The maximum atomic E-state index is 13.6. The summed E-state index contributed by atoms with van der Waals surface area (Å²) in [6.07, 6.45) is 1.57. The van der Waals surface area contributed by atoms with Gasteiger partial charge < -0.3 is 14.8 Å². The van der Waals surface area contributed by atoms with Gasteiger partial charge in [-0.3, -0.25) is 4.79 Å². The second kappa shape index (κ2) is 8.98. The van der Waals surface area contributed by atoms with E-state index in [1.54, 1.807) is 6.07 Å². The summed E-state index contributed by atoms with van der Waals surface area (Å²) in [7, 11) is 1.37. The number of ether oxygens (including phenoxy) is 2. The average Bonchev–Trinajstić information content (AvgIpc) is 2.63. The Morgan fingerprint density at radius 3 is 2.56 bits per heavy atom. The van der Waals surface area contributed by atoms with Gasteiger partial charge in [-0.05, 0) is 61.7 Å². The largest absolute Gasteiger partial charge is 0.494 e. The van der Waals surface area contributed by atoms with E-state index in [0.717, 1.165) is 17.2 Å². The van der Waals surface area contributed by atoms with Gasteiger partial charge in [0.1, 0.15) is 0 Å². The predicted molar refractivity (Wildman–Crippen MR) is 102 cm³/mol. The summed E-state index contributed by atoms with van der Waals surface area (Å²) in [5.41, 5.74) is 3.06. The Morgan fingerprint density at radius 2 is 1.89 bits per heavy atom. The van der Waals surface area contributed by atoms with Crippen LogP contribution in [0.15, 0.2) is 42.5 Å². The normalized spacial score (nSPS) is 11.9. The predicted octanol–water partition coefficient (Wildman–Crippen LogP) is 4.03. The van der Waals surface area contributed by atoms with Crippen LogP contribution in [0.3, 0.4) is 0 Å². The first-order chi connectivity index (χ1) is 12.8. The SMILES string of the molecule is COc1ccc(/C=C/C(=O)O[C@@H](C)C(=O)Nc2cc(C)ccc2C)cc1F. The first kappa shape index (κ1) is 20.2. The van der Waals surface area contributed by atoms with Crippen molar-refractivity contribution in [2.45, 2.75) is 26.9 Å². The minimum atomic E-state index is -0.977. The van der Waals surface area contributed by atoms with Crippen molar-refractivity contribution in [3.63, 3.8) is 0 Å². The van der Waals surface area contributed by atoms with Crippen LogP contribution in [0.25, 0.3) is 6.08 Å². The molecule has 0 saturated carbocycles. The van der Waals surface area contributed by atoms with Crippen molar-refractivity contribution in [2.75, 3.05) is 12.4 Å². The fraction of sp³-hybridized carbons (Fsp3) is 0.238. The number of amides is 1. The van der Waals surface area contributed by atoms with Crippen LogP contribution in [0.5, 0.6) is 5.75 Å². The summed E-state index contributed by atoms with van der Waals surface area (Å²) < 4.78 is 23.6. The van der Waals surface area contributed by atoms with Crippen LogP contribution in [0.4, 0.5) is 10.1 Å².